The van der Waals surface area contributed by atoms with Crippen LogP contribution >= 0.6 is 0 Å². The minimum atomic E-state index is -0.0629. The van der Waals surface area contributed by atoms with Crippen molar-refractivity contribution in [3.8, 4) is 11.5 Å². The second kappa shape index (κ2) is 6.25. The molecule has 5 rings (SSSR count). The van der Waals surface area contributed by atoms with Crippen LogP contribution in [-0.2, 0) is 18.9 Å². The Morgan fingerprint density at radius 3 is 2.86 bits per heavy atom. The van der Waals surface area contributed by atoms with Crippen LogP contribution in [0.5, 0.6) is 0 Å². The molecule has 0 saturated carbocycles. The first kappa shape index (κ1) is 17.1. The molecule has 1 N–H and O–H groups in total. The molecule has 144 valence electrons. The Kier molecular flexibility index (Phi) is 3.82. The Hall–Kier alpha value is -3.03. The van der Waals surface area contributed by atoms with E-state index in [1.165, 1.54) is 0 Å². The SMILES string of the molecule is Cc1nc2c(c(=O)[nH]1)CCC21CCCN(c2ccc(-c3nccn3C)nn2)C1. The summed E-state index contributed by atoms with van der Waals surface area (Å²) in [4.78, 5) is 26.6. The van der Waals surface area contributed by atoms with Crippen LogP contribution in [0.3, 0.4) is 0 Å². The van der Waals surface area contributed by atoms with Gasteiger partial charge in [0.15, 0.2) is 11.6 Å². The number of piperidine rings is 1. The lowest BCUT2D eigenvalue weighted by Crippen LogP contribution is -2.46. The summed E-state index contributed by atoms with van der Waals surface area (Å²) >= 11 is 0. The average molecular weight is 377 g/mol. The molecule has 1 aliphatic heterocycles. The molecule has 0 radical (unpaired) electrons. The van der Waals surface area contributed by atoms with Gasteiger partial charge in [-0.1, -0.05) is 0 Å². The topological polar surface area (TPSA) is 92.6 Å². The van der Waals surface area contributed by atoms with E-state index in [0.717, 1.165) is 67.4 Å². The van der Waals surface area contributed by atoms with Crippen molar-refractivity contribution in [2.75, 3.05) is 18.0 Å². The molecule has 2 aliphatic rings. The van der Waals surface area contributed by atoms with E-state index < -0.39 is 0 Å². The number of aryl methyl sites for hydroxylation is 2. The Morgan fingerprint density at radius 1 is 1.21 bits per heavy atom. The smallest absolute Gasteiger partial charge is 0.254 e. The summed E-state index contributed by atoms with van der Waals surface area (Å²) in [7, 11) is 1.94. The summed E-state index contributed by atoms with van der Waals surface area (Å²) in [5.41, 5.74) is 2.58. The molecule has 3 aromatic heterocycles. The zero-order chi connectivity index (χ0) is 19.3. The second-order valence-corrected chi connectivity index (χ2v) is 7.92. The zero-order valence-corrected chi connectivity index (χ0v) is 16.1. The average Bonchev–Trinajstić information content (AvgIpc) is 3.27. The lowest BCUT2D eigenvalue weighted by molar-refractivity contribution is 0.332. The fraction of sp³-hybridized carbons (Fsp3) is 0.450. The van der Waals surface area contributed by atoms with Crippen molar-refractivity contribution in [3.05, 3.63) is 52.0 Å². The summed E-state index contributed by atoms with van der Waals surface area (Å²) in [6.45, 7) is 3.62. The van der Waals surface area contributed by atoms with Gasteiger partial charge < -0.3 is 14.5 Å². The molecule has 1 fully saturated rings. The van der Waals surface area contributed by atoms with Crippen molar-refractivity contribution in [3.63, 3.8) is 0 Å². The predicted octanol–water partition coefficient (Wildman–Crippen LogP) is 1.75. The number of rotatable bonds is 2. The van der Waals surface area contributed by atoms with Crippen LogP contribution < -0.4 is 10.5 Å². The third-order valence-electron chi connectivity index (χ3n) is 6.09. The van der Waals surface area contributed by atoms with Crippen LogP contribution in [0, 0.1) is 6.92 Å². The maximum absolute atomic E-state index is 12.3. The molecule has 1 saturated heterocycles. The Bertz CT molecular complexity index is 1080. The van der Waals surface area contributed by atoms with Crippen molar-refractivity contribution < 1.29 is 0 Å². The molecule has 0 aromatic carbocycles. The third kappa shape index (κ3) is 2.63. The molecule has 4 heterocycles. The molecular weight excluding hydrogens is 354 g/mol. The van der Waals surface area contributed by atoms with Crippen molar-refractivity contribution >= 4 is 5.82 Å². The van der Waals surface area contributed by atoms with Crippen LogP contribution in [0.15, 0.2) is 29.3 Å². The Labute approximate surface area is 162 Å². The van der Waals surface area contributed by atoms with E-state index in [1.807, 2.05) is 36.9 Å². The minimum Gasteiger partial charge on any atom is -0.354 e. The van der Waals surface area contributed by atoms with Gasteiger partial charge in [0.2, 0.25) is 0 Å². The number of nitrogens with zero attached hydrogens (tertiary/aromatic N) is 6. The molecular formula is C20H23N7O. The molecule has 1 spiro atoms. The van der Waals surface area contributed by atoms with E-state index in [9.17, 15) is 4.79 Å². The highest BCUT2D eigenvalue weighted by Crippen LogP contribution is 2.43. The van der Waals surface area contributed by atoms with Gasteiger partial charge in [-0.15, -0.1) is 10.2 Å². The largest absolute Gasteiger partial charge is 0.354 e. The van der Waals surface area contributed by atoms with E-state index >= 15 is 0 Å². The van der Waals surface area contributed by atoms with Gasteiger partial charge >= 0.3 is 0 Å². The van der Waals surface area contributed by atoms with Crippen molar-refractivity contribution in [1.29, 1.82) is 0 Å². The number of imidazole rings is 1. The number of hydrogen-bond acceptors (Lipinski definition) is 6. The molecule has 3 aromatic rings. The van der Waals surface area contributed by atoms with E-state index in [2.05, 4.69) is 25.1 Å². The van der Waals surface area contributed by atoms with Crippen LogP contribution in [0.4, 0.5) is 5.82 Å². The molecule has 0 bridgehead atoms. The number of H-pyrrole nitrogens is 1. The van der Waals surface area contributed by atoms with Gasteiger partial charge in [0.1, 0.15) is 11.5 Å². The molecule has 8 heteroatoms. The molecule has 1 atom stereocenters. The maximum atomic E-state index is 12.3. The first-order chi connectivity index (χ1) is 13.6. The fourth-order valence-corrected chi connectivity index (χ4v) is 4.71. The first-order valence-corrected chi connectivity index (χ1v) is 9.72. The summed E-state index contributed by atoms with van der Waals surface area (Å²) in [6.07, 6.45) is 7.54. The fourth-order valence-electron chi connectivity index (χ4n) is 4.71. The number of aromatic amines is 1. The second-order valence-electron chi connectivity index (χ2n) is 7.92. The highest BCUT2D eigenvalue weighted by molar-refractivity contribution is 5.52. The number of nitrogens with one attached hydrogen (secondary N) is 1. The standard InChI is InChI=1S/C20H23N7O/c1-13-22-17-14(19(28)23-13)6-8-20(17)7-3-10-27(12-20)16-5-4-15(24-25-16)18-21-9-11-26(18)2/h4-5,9,11H,3,6-8,10,12H2,1-2H3,(H,22,23,28). The highest BCUT2D eigenvalue weighted by Gasteiger charge is 2.44. The van der Waals surface area contributed by atoms with Gasteiger partial charge in [-0.05, 0) is 44.7 Å². The Balaban J connectivity index is 1.45. The zero-order valence-electron chi connectivity index (χ0n) is 16.1. The monoisotopic (exact) mass is 377 g/mol. The first-order valence-electron chi connectivity index (χ1n) is 9.72. The predicted molar refractivity (Wildman–Crippen MR) is 105 cm³/mol. The number of aromatic nitrogens is 6. The lowest BCUT2D eigenvalue weighted by Gasteiger charge is -2.41. The van der Waals surface area contributed by atoms with Gasteiger partial charge in [0.05, 0.1) is 5.69 Å². The summed E-state index contributed by atoms with van der Waals surface area (Å²) in [5.74, 6) is 2.37. The van der Waals surface area contributed by atoms with Crippen LogP contribution in [0.2, 0.25) is 0 Å². The maximum Gasteiger partial charge on any atom is 0.254 e. The minimum absolute atomic E-state index is 0.0238. The Morgan fingerprint density at radius 2 is 2.11 bits per heavy atom. The highest BCUT2D eigenvalue weighted by atomic mass is 16.1. The van der Waals surface area contributed by atoms with E-state index in [0.29, 0.717) is 5.82 Å². The quantitative estimate of drug-likeness (QED) is 0.731. The van der Waals surface area contributed by atoms with Gasteiger partial charge in [-0.25, -0.2) is 9.97 Å². The normalized spacial score (nSPS) is 21.3. The van der Waals surface area contributed by atoms with Gasteiger partial charge in [0.25, 0.3) is 5.56 Å². The number of hydrogen-bond donors (Lipinski definition) is 1. The van der Waals surface area contributed by atoms with Crippen molar-refractivity contribution in [1.82, 2.24) is 29.7 Å². The van der Waals surface area contributed by atoms with E-state index in [1.54, 1.807) is 6.20 Å². The van der Waals surface area contributed by atoms with Gasteiger partial charge in [-0.2, -0.15) is 0 Å². The number of fused-ring (bicyclic) bond motifs is 2. The van der Waals surface area contributed by atoms with Crippen molar-refractivity contribution in [2.24, 2.45) is 7.05 Å². The summed E-state index contributed by atoms with van der Waals surface area (Å²) < 4.78 is 1.93. The summed E-state index contributed by atoms with van der Waals surface area (Å²) in [5, 5.41) is 8.88. The van der Waals surface area contributed by atoms with Crippen molar-refractivity contribution in [2.45, 2.75) is 38.0 Å². The molecule has 8 nitrogen and oxygen atoms in total. The molecule has 0 amide bonds. The lowest BCUT2D eigenvalue weighted by atomic mass is 9.77. The van der Waals surface area contributed by atoms with Crippen LogP contribution in [0.25, 0.3) is 11.5 Å². The summed E-state index contributed by atoms with van der Waals surface area (Å²) in [6, 6.07) is 3.99. The van der Waals surface area contributed by atoms with Gasteiger partial charge in [0, 0.05) is 43.5 Å². The number of anilines is 1. The molecule has 28 heavy (non-hydrogen) atoms. The molecule has 1 aliphatic carbocycles. The third-order valence-corrected chi connectivity index (χ3v) is 6.09. The van der Waals surface area contributed by atoms with E-state index in [4.69, 9.17) is 4.98 Å². The van der Waals surface area contributed by atoms with Crippen LogP contribution in [0.1, 0.15) is 36.3 Å². The van der Waals surface area contributed by atoms with Gasteiger partial charge in [-0.3, -0.25) is 4.79 Å². The van der Waals surface area contributed by atoms with E-state index in [-0.39, 0.29) is 11.0 Å². The molecule has 1 unspecified atom stereocenters. The van der Waals surface area contributed by atoms with Crippen LogP contribution in [-0.4, -0.2) is 42.8 Å².